The molecule has 18 heavy (non-hydrogen) atoms. The topological polar surface area (TPSA) is 0 Å². The van der Waals surface area contributed by atoms with Crippen LogP contribution in [0.4, 0.5) is 8.78 Å². The highest BCUT2D eigenvalue weighted by Gasteiger charge is 2.13. The van der Waals surface area contributed by atoms with E-state index in [9.17, 15) is 8.78 Å². The third-order valence-electron chi connectivity index (χ3n) is 2.80. The van der Waals surface area contributed by atoms with Crippen LogP contribution in [0.2, 0.25) is 0 Å². The molecule has 94 valence electrons. The summed E-state index contributed by atoms with van der Waals surface area (Å²) in [5.41, 5.74) is 2.78. The van der Waals surface area contributed by atoms with Gasteiger partial charge in [0.25, 0.3) is 0 Å². The van der Waals surface area contributed by atoms with Crippen molar-refractivity contribution in [2.75, 3.05) is 0 Å². The lowest BCUT2D eigenvalue weighted by Gasteiger charge is -2.12. The van der Waals surface area contributed by atoms with Gasteiger partial charge in [0.05, 0.1) is 0 Å². The van der Waals surface area contributed by atoms with Gasteiger partial charge in [-0.1, -0.05) is 51.8 Å². The first-order valence-corrected chi connectivity index (χ1v) is 6.62. The van der Waals surface area contributed by atoms with Crippen molar-refractivity contribution in [2.24, 2.45) is 0 Å². The molecule has 0 bridgehead atoms. The first-order chi connectivity index (χ1) is 8.56. The predicted molar refractivity (Wildman–Crippen MR) is 72.9 cm³/mol. The quantitative estimate of drug-likeness (QED) is 0.703. The van der Waals surface area contributed by atoms with E-state index < -0.39 is 11.6 Å². The summed E-state index contributed by atoms with van der Waals surface area (Å²) in [6.45, 7) is 2.02. The Hall–Kier alpha value is -1.22. The Bertz CT molecular complexity index is 552. The summed E-state index contributed by atoms with van der Waals surface area (Å²) in [5.74, 6) is -1.06. The maximum Gasteiger partial charge on any atom is 0.130 e. The fourth-order valence-corrected chi connectivity index (χ4v) is 2.66. The molecule has 0 aliphatic heterocycles. The Morgan fingerprint density at radius 1 is 1.11 bits per heavy atom. The van der Waals surface area contributed by atoms with Crippen LogP contribution in [-0.4, -0.2) is 0 Å². The Kier molecular flexibility index (Phi) is 4.12. The van der Waals surface area contributed by atoms with E-state index in [1.165, 1.54) is 17.7 Å². The summed E-state index contributed by atoms with van der Waals surface area (Å²) in [4.78, 5) is -0.153. The maximum absolute atomic E-state index is 13.6. The summed E-state index contributed by atoms with van der Waals surface area (Å²) < 4.78 is 26.4. The molecule has 3 heteroatoms. The summed E-state index contributed by atoms with van der Waals surface area (Å²) >= 11 is 3.46. The number of hydrogen-bond acceptors (Lipinski definition) is 0. The highest BCUT2D eigenvalue weighted by atomic mass is 79.9. The lowest BCUT2D eigenvalue weighted by molar-refractivity contribution is 0.571. The van der Waals surface area contributed by atoms with Crippen molar-refractivity contribution in [3.05, 3.63) is 70.8 Å². The van der Waals surface area contributed by atoms with E-state index in [2.05, 4.69) is 22.0 Å². The number of hydrogen-bond donors (Lipinski definition) is 0. The van der Waals surface area contributed by atoms with Crippen LogP contribution in [0.5, 0.6) is 0 Å². The van der Waals surface area contributed by atoms with Crippen LogP contribution in [-0.2, 0) is 6.42 Å². The van der Waals surface area contributed by atoms with E-state index in [-0.39, 0.29) is 4.83 Å². The van der Waals surface area contributed by atoms with Crippen LogP contribution in [0, 0.1) is 18.6 Å². The van der Waals surface area contributed by atoms with Crippen molar-refractivity contribution >= 4 is 15.9 Å². The normalized spacial score (nSPS) is 12.4. The average molecular weight is 311 g/mol. The monoisotopic (exact) mass is 310 g/mol. The summed E-state index contributed by atoms with van der Waals surface area (Å²) in [6, 6.07) is 11.7. The van der Waals surface area contributed by atoms with Gasteiger partial charge in [-0.2, -0.15) is 0 Å². The molecule has 0 spiro atoms. The van der Waals surface area contributed by atoms with Gasteiger partial charge in [0, 0.05) is 16.5 Å². The lowest BCUT2D eigenvalue weighted by Crippen LogP contribution is -1.99. The number of rotatable bonds is 3. The van der Waals surface area contributed by atoms with Crippen molar-refractivity contribution < 1.29 is 8.78 Å². The molecule has 1 atom stereocenters. The van der Waals surface area contributed by atoms with E-state index >= 15 is 0 Å². The predicted octanol–water partition coefficient (Wildman–Crippen LogP) is 4.95. The van der Waals surface area contributed by atoms with Gasteiger partial charge in [0.15, 0.2) is 0 Å². The fourth-order valence-electron chi connectivity index (χ4n) is 1.91. The summed E-state index contributed by atoms with van der Waals surface area (Å²) in [6.07, 6.45) is 0.671. The van der Waals surface area contributed by atoms with E-state index in [4.69, 9.17) is 0 Å². The van der Waals surface area contributed by atoms with Crippen LogP contribution in [0.15, 0.2) is 42.5 Å². The molecule has 0 heterocycles. The van der Waals surface area contributed by atoms with Crippen molar-refractivity contribution in [2.45, 2.75) is 18.2 Å². The minimum atomic E-state index is -0.550. The Morgan fingerprint density at radius 3 is 2.56 bits per heavy atom. The zero-order chi connectivity index (χ0) is 13.1. The van der Waals surface area contributed by atoms with Gasteiger partial charge >= 0.3 is 0 Å². The second-order valence-electron chi connectivity index (χ2n) is 4.33. The molecular weight excluding hydrogens is 298 g/mol. The molecule has 2 rings (SSSR count). The van der Waals surface area contributed by atoms with Gasteiger partial charge < -0.3 is 0 Å². The number of alkyl halides is 1. The SMILES string of the molecule is Cc1cccc(CC(Br)c2ccc(F)cc2F)c1. The smallest absolute Gasteiger partial charge is 0.130 e. The maximum atomic E-state index is 13.6. The number of halogens is 3. The molecule has 0 N–H and O–H groups in total. The highest BCUT2D eigenvalue weighted by Crippen LogP contribution is 2.29. The van der Waals surface area contributed by atoms with Crippen LogP contribution >= 0.6 is 15.9 Å². The molecule has 0 aliphatic carbocycles. The molecule has 2 aromatic rings. The Balaban J connectivity index is 2.19. The molecule has 0 fully saturated rings. The second kappa shape index (κ2) is 5.61. The second-order valence-corrected chi connectivity index (χ2v) is 5.43. The van der Waals surface area contributed by atoms with Crippen LogP contribution in [0.3, 0.4) is 0 Å². The first kappa shape index (κ1) is 13.2. The Morgan fingerprint density at radius 2 is 1.89 bits per heavy atom. The van der Waals surface area contributed by atoms with E-state index in [1.807, 2.05) is 25.1 Å². The van der Waals surface area contributed by atoms with Crippen molar-refractivity contribution in [3.63, 3.8) is 0 Å². The minimum Gasteiger partial charge on any atom is -0.207 e. The van der Waals surface area contributed by atoms with Gasteiger partial charge in [0.1, 0.15) is 11.6 Å². The molecule has 0 amide bonds. The molecule has 0 saturated carbocycles. The summed E-state index contributed by atoms with van der Waals surface area (Å²) in [5, 5.41) is 0. The third-order valence-corrected chi connectivity index (χ3v) is 3.61. The molecule has 0 nitrogen and oxygen atoms in total. The molecule has 0 saturated heterocycles. The van der Waals surface area contributed by atoms with Gasteiger partial charge in [-0.15, -0.1) is 0 Å². The number of aryl methyl sites for hydroxylation is 1. The first-order valence-electron chi connectivity index (χ1n) is 5.71. The minimum absolute atomic E-state index is 0.153. The van der Waals surface area contributed by atoms with E-state index in [0.717, 1.165) is 11.6 Å². The molecule has 0 aliphatic rings. The number of benzene rings is 2. The van der Waals surface area contributed by atoms with Crippen LogP contribution < -0.4 is 0 Å². The lowest BCUT2D eigenvalue weighted by atomic mass is 10.0. The molecule has 2 aromatic carbocycles. The van der Waals surface area contributed by atoms with Crippen LogP contribution in [0.1, 0.15) is 21.5 Å². The molecule has 0 radical (unpaired) electrons. The van der Waals surface area contributed by atoms with E-state index in [0.29, 0.717) is 12.0 Å². The zero-order valence-electron chi connectivity index (χ0n) is 9.96. The largest absolute Gasteiger partial charge is 0.207 e. The average Bonchev–Trinajstić information content (AvgIpc) is 2.28. The van der Waals surface area contributed by atoms with E-state index in [1.54, 1.807) is 0 Å². The van der Waals surface area contributed by atoms with Gasteiger partial charge in [-0.25, -0.2) is 8.78 Å². The summed E-state index contributed by atoms with van der Waals surface area (Å²) in [7, 11) is 0. The molecule has 1 unspecified atom stereocenters. The standard InChI is InChI=1S/C15H13BrF2/c1-10-3-2-4-11(7-10)8-14(16)13-6-5-12(17)9-15(13)18/h2-7,9,14H,8H2,1H3. The van der Waals surface area contributed by atoms with Crippen molar-refractivity contribution in [3.8, 4) is 0 Å². The third kappa shape index (κ3) is 3.16. The molecule has 0 aromatic heterocycles. The van der Waals surface area contributed by atoms with Crippen LogP contribution in [0.25, 0.3) is 0 Å². The van der Waals surface area contributed by atoms with Crippen molar-refractivity contribution in [1.82, 2.24) is 0 Å². The van der Waals surface area contributed by atoms with Gasteiger partial charge in [-0.3, -0.25) is 0 Å². The van der Waals surface area contributed by atoms with Gasteiger partial charge in [0.2, 0.25) is 0 Å². The van der Waals surface area contributed by atoms with Gasteiger partial charge in [-0.05, 0) is 25.0 Å². The highest BCUT2D eigenvalue weighted by molar-refractivity contribution is 9.09. The molecular formula is C15H13BrF2. The zero-order valence-corrected chi connectivity index (χ0v) is 11.5. The van der Waals surface area contributed by atoms with Crippen molar-refractivity contribution in [1.29, 1.82) is 0 Å². The Labute approximate surface area is 114 Å². The fraction of sp³-hybridized carbons (Fsp3) is 0.200.